The number of benzene rings is 5. The van der Waals surface area contributed by atoms with Crippen molar-refractivity contribution in [1.29, 1.82) is 0 Å². The van der Waals surface area contributed by atoms with Crippen LogP contribution in [0, 0.1) is 0 Å². The zero-order valence-electron chi connectivity index (χ0n) is 28.2. The lowest BCUT2D eigenvalue weighted by Gasteiger charge is -2.39. The largest absolute Gasteiger partial charge is 0.456 e. The summed E-state index contributed by atoms with van der Waals surface area (Å²) >= 11 is 0. The number of carbonyl (C=O) groups excluding carboxylic acids is 1. The van der Waals surface area contributed by atoms with Crippen molar-refractivity contribution in [1.82, 2.24) is 0 Å². The highest BCUT2D eigenvalue weighted by Crippen LogP contribution is 2.31. The van der Waals surface area contributed by atoms with Gasteiger partial charge >= 0.3 is 5.97 Å². The summed E-state index contributed by atoms with van der Waals surface area (Å²) < 4.78 is 33.2. The number of hydrogen-bond donors (Lipinski definition) is 0. The van der Waals surface area contributed by atoms with E-state index in [9.17, 15) is 4.79 Å². The normalized spacial score (nSPS) is 20.2. The molecular weight excluding hydrogens is 624 g/mol. The van der Waals surface area contributed by atoms with E-state index in [1.165, 1.54) is 0 Å². The van der Waals surface area contributed by atoms with Crippen LogP contribution in [0.15, 0.2) is 163 Å². The minimum absolute atomic E-state index is 0.311. The molecule has 0 bridgehead atoms. The third kappa shape index (κ3) is 10.3. The highest BCUT2D eigenvalue weighted by atomic mass is 16.6. The van der Waals surface area contributed by atoms with Crippen LogP contribution in [0.4, 0.5) is 0 Å². The average molecular weight is 669 g/mol. The summed E-state index contributed by atoms with van der Waals surface area (Å²) in [4.78, 5) is 13.6. The quantitative estimate of drug-likeness (QED) is 0.0820. The van der Waals surface area contributed by atoms with Crippen LogP contribution >= 0.6 is 0 Å². The van der Waals surface area contributed by atoms with Gasteiger partial charge < -0.3 is 23.7 Å². The van der Waals surface area contributed by atoms with Crippen molar-refractivity contribution >= 4 is 5.97 Å². The van der Waals surface area contributed by atoms with Crippen molar-refractivity contribution in [3.05, 3.63) is 191 Å². The summed E-state index contributed by atoms with van der Waals surface area (Å²) in [7, 11) is 0. The fraction of sp³-hybridized carbons (Fsp3) is 0.250. The highest BCUT2D eigenvalue weighted by molar-refractivity contribution is 5.89. The van der Waals surface area contributed by atoms with Gasteiger partial charge in [-0.2, -0.15) is 0 Å². The van der Waals surface area contributed by atoms with Crippen molar-refractivity contribution in [2.75, 3.05) is 6.61 Å². The third-order valence-corrected chi connectivity index (χ3v) is 8.70. The van der Waals surface area contributed by atoms with Crippen molar-refractivity contribution < 1.29 is 28.5 Å². The molecule has 6 heteroatoms. The smallest absolute Gasteiger partial charge is 0.338 e. The first-order valence-electron chi connectivity index (χ1n) is 17.3. The summed E-state index contributed by atoms with van der Waals surface area (Å²) in [5.74, 6) is -0.400. The Hall–Kier alpha value is -4.85. The molecule has 0 unspecified atom stereocenters. The van der Waals surface area contributed by atoms with Gasteiger partial charge in [0, 0.05) is 0 Å². The van der Waals surface area contributed by atoms with E-state index < -0.39 is 30.4 Å². The number of ether oxygens (including phenoxy) is 5. The van der Waals surface area contributed by atoms with Gasteiger partial charge in [-0.25, -0.2) is 4.79 Å². The molecule has 0 saturated carbocycles. The van der Waals surface area contributed by atoms with Crippen LogP contribution in [0.3, 0.4) is 0 Å². The van der Waals surface area contributed by atoms with Crippen molar-refractivity contribution in [2.24, 2.45) is 0 Å². The summed E-state index contributed by atoms with van der Waals surface area (Å²) in [5, 5.41) is 0. The topological polar surface area (TPSA) is 63.2 Å². The molecule has 0 heterocycles. The molecule has 256 valence electrons. The molecule has 0 amide bonds. The van der Waals surface area contributed by atoms with Gasteiger partial charge in [0.25, 0.3) is 0 Å². The van der Waals surface area contributed by atoms with Crippen LogP contribution in [-0.4, -0.2) is 37.0 Å². The first-order chi connectivity index (χ1) is 24.7. The summed E-state index contributed by atoms with van der Waals surface area (Å²) in [6.07, 6.45) is 0.853. The second-order valence-electron chi connectivity index (χ2n) is 12.4. The maximum atomic E-state index is 13.6. The van der Waals surface area contributed by atoms with Gasteiger partial charge in [-0.05, 0) is 52.8 Å². The van der Waals surface area contributed by atoms with E-state index in [2.05, 4.69) is 18.2 Å². The van der Waals surface area contributed by atoms with Crippen molar-refractivity contribution in [2.45, 2.75) is 63.7 Å². The van der Waals surface area contributed by atoms with Gasteiger partial charge in [-0.1, -0.05) is 146 Å². The molecular formula is C44H44O6. The number of carbonyl (C=O) groups is 1. The zero-order valence-corrected chi connectivity index (χ0v) is 28.2. The Labute approximate surface area is 295 Å². The van der Waals surface area contributed by atoms with E-state index in [0.29, 0.717) is 51.4 Å². The molecule has 6 nitrogen and oxygen atoms in total. The Bertz CT molecular complexity index is 1730. The SMILES string of the molecule is O=C(O[C@H]1CC/C=C(/COCc2ccccc2)[C@@H](OCc2ccccc2)[C@H](OCc2ccccc2)[C@H]1OCc1ccccc1)c1ccccc1. The lowest BCUT2D eigenvalue weighted by Crippen LogP contribution is -2.51. The van der Waals surface area contributed by atoms with Gasteiger partial charge in [-0.15, -0.1) is 0 Å². The van der Waals surface area contributed by atoms with E-state index in [0.717, 1.165) is 27.8 Å². The number of allylic oxidation sites excluding steroid dienone is 1. The molecule has 4 atom stereocenters. The summed E-state index contributed by atoms with van der Waals surface area (Å²) in [5.41, 5.74) is 5.61. The standard InChI is InChI=1S/C44H44O6/c45-44(38-25-14-5-15-26-38)50-40-28-16-27-39(33-46-29-34-17-6-1-7-18-34)41(47-30-35-19-8-2-9-20-35)43(49-32-37-23-12-4-13-24-37)42(40)48-31-36-21-10-3-11-22-36/h1-15,17-27,40-43H,16,28-33H2/b39-27-/t40-,41+,42-,43-/m0/s1. The summed E-state index contributed by atoms with van der Waals surface area (Å²) in [6.45, 7) is 1.79. The zero-order chi connectivity index (χ0) is 34.2. The van der Waals surface area contributed by atoms with Crippen LogP contribution < -0.4 is 0 Å². The minimum atomic E-state index is -0.662. The molecule has 5 aromatic carbocycles. The maximum absolute atomic E-state index is 13.6. The van der Waals surface area contributed by atoms with Gasteiger partial charge in [0.1, 0.15) is 24.4 Å². The third-order valence-electron chi connectivity index (χ3n) is 8.70. The summed E-state index contributed by atoms with van der Waals surface area (Å²) in [6, 6.07) is 49.4. The second kappa shape index (κ2) is 18.8. The predicted molar refractivity (Wildman–Crippen MR) is 194 cm³/mol. The Balaban J connectivity index is 1.36. The lowest BCUT2D eigenvalue weighted by atomic mass is 9.90. The van der Waals surface area contributed by atoms with E-state index in [-0.39, 0.29) is 0 Å². The van der Waals surface area contributed by atoms with Gasteiger partial charge in [0.2, 0.25) is 0 Å². The fourth-order valence-electron chi connectivity index (χ4n) is 6.10. The molecule has 1 aliphatic carbocycles. The van der Waals surface area contributed by atoms with E-state index in [1.54, 1.807) is 12.1 Å². The monoisotopic (exact) mass is 668 g/mol. The van der Waals surface area contributed by atoms with Crippen LogP contribution in [0.5, 0.6) is 0 Å². The van der Waals surface area contributed by atoms with Crippen molar-refractivity contribution in [3.8, 4) is 0 Å². The molecule has 0 radical (unpaired) electrons. The molecule has 0 N–H and O–H groups in total. The van der Waals surface area contributed by atoms with Crippen molar-refractivity contribution in [3.63, 3.8) is 0 Å². The first kappa shape index (κ1) is 35.0. The first-order valence-corrected chi connectivity index (χ1v) is 17.3. The molecule has 0 aromatic heterocycles. The molecule has 5 aromatic rings. The fourth-order valence-corrected chi connectivity index (χ4v) is 6.10. The Kier molecular flexibility index (Phi) is 13.1. The number of esters is 1. The molecule has 0 fully saturated rings. The Morgan fingerprint density at radius 2 is 0.940 bits per heavy atom. The average Bonchev–Trinajstić information content (AvgIpc) is 3.17. The maximum Gasteiger partial charge on any atom is 0.338 e. The van der Waals surface area contributed by atoms with Crippen LogP contribution in [0.1, 0.15) is 45.5 Å². The Morgan fingerprint density at radius 3 is 1.46 bits per heavy atom. The molecule has 0 saturated heterocycles. The number of rotatable bonds is 15. The van der Waals surface area contributed by atoms with E-state index in [1.807, 2.05) is 127 Å². The molecule has 0 spiro atoms. The van der Waals surface area contributed by atoms with Crippen LogP contribution in [0.25, 0.3) is 0 Å². The van der Waals surface area contributed by atoms with Gasteiger partial charge in [-0.3, -0.25) is 0 Å². The molecule has 50 heavy (non-hydrogen) atoms. The van der Waals surface area contributed by atoms with E-state index >= 15 is 0 Å². The highest BCUT2D eigenvalue weighted by Gasteiger charge is 2.42. The predicted octanol–water partition coefficient (Wildman–Crippen LogP) is 8.91. The van der Waals surface area contributed by atoms with Gasteiger partial charge in [0.15, 0.2) is 0 Å². The number of hydrogen-bond acceptors (Lipinski definition) is 6. The van der Waals surface area contributed by atoms with E-state index in [4.69, 9.17) is 23.7 Å². The van der Waals surface area contributed by atoms with Crippen LogP contribution in [-0.2, 0) is 50.1 Å². The lowest BCUT2D eigenvalue weighted by molar-refractivity contribution is -0.176. The van der Waals surface area contributed by atoms with Gasteiger partial charge in [0.05, 0.1) is 38.6 Å². The van der Waals surface area contributed by atoms with Crippen LogP contribution in [0.2, 0.25) is 0 Å². The second-order valence-corrected chi connectivity index (χ2v) is 12.4. The minimum Gasteiger partial charge on any atom is -0.456 e. The Morgan fingerprint density at radius 1 is 0.500 bits per heavy atom. The molecule has 0 aliphatic heterocycles. The molecule has 1 aliphatic rings. The molecule has 6 rings (SSSR count).